The molecular weight excluding hydrogens is 249 g/mol. The fourth-order valence-electron chi connectivity index (χ4n) is 1.54. The van der Waals surface area contributed by atoms with Crippen LogP contribution in [0.4, 0.5) is 4.39 Å². The molecule has 2 atom stereocenters. The zero-order valence-electron chi connectivity index (χ0n) is 11.2. The number of rotatable bonds is 9. The van der Waals surface area contributed by atoms with Crippen LogP contribution in [0.25, 0.3) is 0 Å². The van der Waals surface area contributed by atoms with Crippen molar-refractivity contribution >= 4 is 0 Å². The zero-order valence-corrected chi connectivity index (χ0v) is 11.2. The van der Waals surface area contributed by atoms with Gasteiger partial charge in [0.2, 0.25) is 0 Å². The van der Waals surface area contributed by atoms with E-state index in [-0.39, 0.29) is 31.6 Å². The maximum atomic E-state index is 13.3. The van der Waals surface area contributed by atoms with Crippen molar-refractivity contribution in [1.82, 2.24) is 5.32 Å². The number of benzene rings is 1. The average Bonchev–Trinajstić information content (AvgIpc) is 2.40. The Morgan fingerprint density at radius 2 is 2.05 bits per heavy atom. The van der Waals surface area contributed by atoms with Crippen LogP contribution < -0.4 is 5.32 Å². The van der Waals surface area contributed by atoms with Crippen LogP contribution in [0, 0.1) is 11.7 Å². The molecule has 0 saturated heterocycles. The Hall–Kier alpha value is -1.01. The van der Waals surface area contributed by atoms with Gasteiger partial charge in [-0.25, -0.2) is 4.39 Å². The fraction of sp³-hybridized carbons (Fsp3) is 0.571. The average molecular weight is 271 g/mol. The predicted molar refractivity (Wildman–Crippen MR) is 71.2 cm³/mol. The van der Waals surface area contributed by atoms with Crippen molar-refractivity contribution in [2.75, 3.05) is 26.3 Å². The van der Waals surface area contributed by atoms with Crippen LogP contribution in [-0.2, 0) is 11.3 Å². The molecule has 4 nitrogen and oxygen atoms in total. The summed E-state index contributed by atoms with van der Waals surface area (Å²) in [6.45, 7) is 3.36. The van der Waals surface area contributed by atoms with Gasteiger partial charge in [-0.15, -0.1) is 0 Å². The molecule has 0 saturated carbocycles. The zero-order chi connectivity index (χ0) is 14.1. The van der Waals surface area contributed by atoms with Gasteiger partial charge in [-0.3, -0.25) is 0 Å². The Labute approximate surface area is 113 Å². The third kappa shape index (κ3) is 6.63. The van der Waals surface area contributed by atoms with E-state index >= 15 is 0 Å². The third-order valence-corrected chi connectivity index (χ3v) is 2.71. The molecular formula is C14H22FNO3. The lowest BCUT2D eigenvalue weighted by molar-refractivity contribution is 0.0273. The minimum absolute atomic E-state index is 0.118. The quantitative estimate of drug-likeness (QED) is 0.625. The van der Waals surface area contributed by atoms with E-state index in [1.54, 1.807) is 18.2 Å². The Morgan fingerprint density at radius 3 is 2.74 bits per heavy atom. The molecule has 0 aliphatic heterocycles. The lowest BCUT2D eigenvalue weighted by atomic mass is 10.2. The van der Waals surface area contributed by atoms with E-state index in [1.807, 2.05) is 6.92 Å². The van der Waals surface area contributed by atoms with E-state index in [4.69, 9.17) is 9.84 Å². The first-order valence-corrected chi connectivity index (χ1v) is 6.44. The molecule has 2 unspecified atom stereocenters. The topological polar surface area (TPSA) is 61.7 Å². The maximum absolute atomic E-state index is 13.3. The van der Waals surface area contributed by atoms with E-state index in [0.717, 1.165) is 0 Å². The molecule has 1 rings (SSSR count). The summed E-state index contributed by atoms with van der Waals surface area (Å²) in [7, 11) is 0. The third-order valence-electron chi connectivity index (χ3n) is 2.71. The van der Waals surface area contributed by atoms with Gasteiger partial charge in [-0.1, -0.05) is 25.1 Å². The molecule has 1 aromatic carbocycles. The van der Waals surface area contributed by atoms with E-state index in [0.29, 0.717) is 18.7 Å². The molecule has 0 aliphatic rings. The van der Waals surface area contributed by atoms with Gasteiger partial charge in [-0.2, -0.15) is 0 Å². The van der Waals surface area contributed by atoms with Gasteiger partial charge in [0.25, 0.3) is 0 Å². The molecule has 0 spiro atoms. The van der Waals surface area contributed by atoms with Crippen LogP contribution in [0.2, 0.25) is 0 Å². The highest BCUT2D eigenvalue weighted by atomic mass is 19.1. The van der Waals surface area contributed by atoms with Gasteiger partial charge in [0, 0.05) is 18.7 Å². The second-order valence-electron chi connectivity index (χ2n) is 4.71. The maximum Gasteiger partial charge on any atom is 0.128 e. The second-order valence-corrected chi connectivity index (χ2v) is 4.71. The van der Waals surface area contributed by atoms with Gasteiger partial charge in [0.1, 0.15) is 5.82 Å². The lowest BCUT2D eigenvalue weighted by Crippen LogP contribution is -2.33. The normalized spacial score (nSPS) is 14.3. The first-order valence-electron chi connectivity index (χ1n) is 6.44. The van der Waals surface area contributed by atoms with Crippen molar-refractivity contribution in [3.05, 3.63) is 35.6 Å². The predicted octanol–water partition coefficient (Wildman–Crippen LogP) is 0.921. The van der Waals surface area contributed by atoms with Gasteiger partial charge in [0.15, 0.2) is 0 Å². The van der Waals surface area contributed by atoms with Crippen molar-refractivity contribution in [2.24, 2.45) is 5.92 Å². The number of halogens is 1. The number of nitrogens with one attached hydrogen (secondary N) is 1. The van der Waals surface area contributed by atoms with Crippen molar-refractivity contribution in [3.8, 4) is 0 Å². The number of hydrogen-bond donors (Lipinski definition) is 3. The summed E-state index contributed by atoms with van der Waals surface area (Å²) in [6, 6.07) is 6.41. The highest BCUT2D eigenvalue weighted by Crippen LogP contribution is 2.07. The van der Waals surface area contributed by atoms with E-state index in [9.17, 15) is 9.50 Å². The van der Waals surface area contributed by atoms with Crippen molar-refractivity contribution in [2.45, 2.75) is 19.6 Å². The van der Waals surface area contributed by atoms with Crippen molar-refractivity contribution in [1.29, 1.82) is 0 Å². The molecule has 0 aliphatic carbocycles. The molecule has 0 radical (unpaired) electrons. The largest absolute Gasteiger partial charge is 0.396 e. The summed E-state index contributed by atoms with van der Waals surface area (Å²) in [4.78, 5) is 0. The van der Waals surface area contributed by atoms with Crippen LogP contribution in [0.1, 0.15) is 12.5 Å². The standard InChI is InChI=1S/C14H22FNO3/c1-11(8-17)6-16-7-13(18)10-19-9-12-4-2-3-5-14(12)15/h2-5,11,13,16-18H,6-10H2,1H3. The molecule has 0 fully saturated rings. The summed E-state index contributed by atoms with van der Waals surface area (Å²) >= 11 is 0. The first-order chi connectivity index (χ1) is 9.13. The monoisotopic (exact) mass is 271 g/mol. The summed E-state index contributed by atoms with van der Waals surface area (Å²) < 4.78 is 18.5. The number of aliphatic hydroxyl groups excluding tert-OH is 2. The Kier molecular flexibility index (Phi) is 7.59. The van der Waals surface area contributed by atoms with E-state index in [2.05, 4.69) is 5.32 Å². The Morgan fingerprint density at radius 1 is 1.32 bits per heavy atom. The minimum atomic E-state index is -0.641. The van der Waals surface area contributed by atoms with Crippen molar-refractivity contribution in [3.63, 3.8) is 0 Å². The highest BCUT2D eigenvalue weighted by molar-refractivity contribution is 5.16. The van der Waals surface area contributed by atoms with E-state index in [1.165, 1.54) is 6.07 Å². The summed E-state index contributed by atoms with van der Waals surface area (Å²) in [5, 5.41) is 21.5. The number of aliphatic hydroxyl groups is 2. The molecule has 108 valence electrons. The van der Waals surface area contributed by atoms with Crippen LogP contribution >= 0.6 is 0 Å². The molecule has 5 heteroatoms. The highest BCUT2D eigenvalue weighted by Gasteiger charge is 2.07. The van der Waals surface area contributed by atoms with Crippen molar-refractivity contribution < 1.29 is 19.3 Å². The van der Waals surface area contributed by atoms with Gasteiger partial charge < -0.3 is 20.3 Å². The smallest absolute Gasteiger partial charge is 0.128 e. The molecule has 0 bridgehead atoms. The molecule has 1 aromatic rings. The fourth-order valence-corrected chi connectivity index (χ4v) is 1.54. The van der Waals surface area contributed by atoms with Crippen LogP contribution in [0.5, 0.6) is 0 Å². The molecule has 0 aromatic heterocycles. The van der Waals surface area contributed by atoms with Gasteiger partial charge in [0.05, 0.1) is 19.3 Å². The van der Waals surface area contributed by atoms with Gasteiger partial charge >= 0.3 is 0 Å². The molecule has 0 amide bonds. The Bertz CT molecular complexity index is 362. The summed E-state index contributed by atoms with van der Waals surface area (Å²) in [6.07, 6.45) is -0.641. The van der Waals surface area contributed by atoms with Crippen LogP contribution in [-0.4, -0.2) is 42.6 Å². The number of ether oxygens (including phenoxy) is 1. The second kappa shape index (κ2) is 8.98. The van der Waals surface area contributed by atoms with Crippen LogP contribution in [0.3, 0.4) is 0 Å². The van der Waals surface area contributed by atoms with Crippen LogP contribution in [0.15, 0.2) is 24.3 Å². The van der Waals surface area contributed by atoms with Gasteiger partial charge in [-0.05, 0) is 18.5 Å². The molecule has 3 N–H and O–H groups in total. The SMILES string of the molecule is CC(CO)CNCC(O)COCc1ccccc1F. The molecule has 0 heterocycles. The number of hydrogen-bond acceptors (Lipinski definition) is 4. The Balaban J connectivity index is 2.13. The first kappa shape index (κ1) is 16.0. The minimum Gasteiger partial charge on any atom is -0.396 e. The molecule has 19 heavy (non-hydrogen) atoms. The van der Waals surface area contributed by atoms with E-state index < -0.39 is 6.10 Å². The summed E-state index contributed by atoms with van der Waals surface area (Å²) in [5.41, 5.74) is 0.483. The lowest BCUT2D eigenvalue weighted by Gasteiger charge is -2.14. The summed E-state index contributed by atoms with van der Waals surface area (Å²) in [5.74, 6) is -0.140.